The minimum atomic E-state index is -0.0690. The van der Waals surface area contributed by atoms with E-state index in [-0.39, 0.29) is 5.91 Å². The number of anilines is 2. The van der Waals surface area contributed by atoms with Gasteiger partial charge in [0.25, 0.3) is 5.91 Å². The second-order valence-electron chi connectivity index (χ2n) is 6.80. The SMILES string of the molecule is COC1CCN(c2ccc(NC(=O)c3cc(C)cc(C)c3)cc2)CC1. The molecule has 0 spiro atoms. The Balaban J connectivity index is 1.63. The third kappa shape index (κ3) is 4.40. The monoisotopic (exact) mass is 338 g/mol. The van der Waals surface area contributed by atoms with E-state index in [9.17, 15) is 4.79 Å². The molecule has 1 N–H and O–H groups in total. The van der Waals surface area contributed by atoms with Crippen LogP contribution in [-0.2, 0) is 4.74 Å². The van der Waals surface area contributed by atoms with Gasteiger partial charge in [0.05, 0.1) is 6.10 Å². The van der Waals surface area contributed by atoms with Crippen molar-refractivity contribution in [1.29, 1.82) is 0 Å². The fourth-order valence-corrected chi connectivity index (χ4v) is 3.41. The summed E-state index contributed by atoms with van der Waals surface area (Å²) in [5.41, 5.74) is 4.90. The van der Waals surface area contributed by atoms with Crippen LogP contribution >= 0.6 is 0 Å². The molecule has 1 amide bonds. The zero-order chi connectivity index (χ0) is 17.8. The average Bonchev–Trinajstić information content (AvgIpc) is 2.61. The molecule has 2 aromatic carbocycles. The second-order valence-corrected chi connectivity index (χ2v) is 6.80. The summed E-state index contributed by atoms with van der Waals surface area (Å²) >= 11 is 0. The number of nitrogens with zero attached hydrogens (tertiary/aromatic N) is 1. The van der Waals surface area contributed by atoms with Crippen LogP contribution in [0.3, 0.4) is 0 Å². The van der Waals surface area contributed by atoms with Crippen molar-refractivity contribution >= 4 is 17.3 Å². The van der Waals surface area contributed by atoms with Crippen molar-refractivity contribution in [3.63, 3.8) is 0 Å². The molecule has 4 nitrogen and oxygen atoms in total. The smallest absolute Gasteiger partial charge is 0.255 e. The lowest BCUT2D eigenvalue weighted by Gasteiger charge is -2.33. The molecule has 0 bridgehead atoms. The van der Waals surface area contributed by atoms with Gasteiger partial charge in [0.15, 0.2) is 0 Å². The summed E-state index contributed by atoms with van der Waals surface area (Å²) in [7, 11) is 1.79. The van der Waals surface area contributed by atoms with Crippen LogP contribution in [0.5, 0.6) is 0 Å². The summed E-state index contributed by atoms with van der Waals surface area (Å²) in [5.74, 6) is -0.0690. The van der Waals surface area contributed by atoms with Gasteiger partial charge in [0.1, 0.15) is 0 Å². The van der Waals surface area contributed by atoms with Gasteiger partial charge < -0.3 is 15.0 Å². The van der Waals surface area contributed by atoms with Gasteiger partial charge in [-0.3, -0.25) is 4.79 Å². The standard InChI is InChI=1S/C21H26N2O2/c1-15-12-16(2)14-17(13-15)21(24)22-18-4-6-19(7-5-18)23-10-8-20(25-3)9-11-23/h4-7,12-14,20H,8-11H2,1-3H3,(H,22,24). The molecule has 1 fully saturated rings. The predicted molar refractivity (Wildman–Crippen MR) is 103 cm³/mol. The van der Waals surface area contributed by atoms with E-state index in [1.54, 1.807) is 7.11 Å². The summed E-state index contributed by atoms with van der Waals surface area (Å²) in [5, 5.41) is 2.98. The van der Waals surface area contributed by atoms with Crippen LogP contribution in [0.15, 0.2) is 42.5 Å². The molecule has 0 unspecified atom stereocenters. The van der Waals surface area contributed by atoms with E-state index < -0.39 is 0 Å². The zero-order valence-corrected chi connectivity index (χ0v) is 15.2. The van der Waals surface area contributed by atoms with Gasteiger partial charge in [-0.15, -0.1) is 0 Å². The van der Waals surface area contributed by atoms with Crippen LogP contribution < -0.4 is 10.2 Å². The molecule has 1 aliphatic rings. The Bertz CT molecular complexity index is 712. The van der Waals surface area contributed by atoms with Crippen molar-refractivity contribution < 1.29 is 9.53 Å². The third-order valence-electron chi connectivity index (χ3n) is 4.75. The number of hydrogen-bond acceptors (Lipinski definition) is 3. The number of nitrogens with one attached hydrogen (secondary N) is 1. The molecule has 0 radical (unpaired) electrons. The molecule has 1 aliphatic heterocycles. The molecule has 132 valence electrons. The Hall–Kier alpha value is -2.33. The molecular weight excluding hydrogens is 312 g/mol. The van der Waals surface area contributed by atoms with Crippen LogP contribution in [0.1, 0.15) is 34.3 Å². The highest BCUT2D eigenvalue weighted by Gasteiger charge is 2.18. The number of benzene rings is 2. The minimum absolute atomic E-state index is 0.0690. The molecular formula is C21H26N2O2. The Morgan fingerprint density at radius 3 is 2.20 bits per heavy atom. The Morgan fingerprint density at radius 2 is 1.64 bits per heavy atom. The van der Waals surface area contributed by atoms with Crippen molar-refractivity contribution in [2.45, 2.75) is 32.8 Å². The summed E-state index contributed by atoms with van der Waals surface area (Å²) in [6.07, 6.45) is 2.50. The summed E-state index contributed by atoms with van der Waals surface area (Å²) in [4.78, 5) is 14.8. The zero-order valence-electron chi connectivity index (χ0n) is 15.2. The fourth-order valence-electron chi connectivity index (χ4n) is 3.41. The highest BCUT2D eigenvalue weighted by molar-refractivity contribution is 6.04. The maximum absolute atomic E-state index is 12.4. The summed E-state index contributed by atoms with van der Waals surface area (Å²) in [6.45, 7) is 6.02. The first kappa shape index (κ1) is 17.5. The first-order valence-electron chi connectivity index (χ1n) is 8.82. The highest BCUT2D eigenvalue weighted by Crippen LogP contribution is 2.23. The van der Waals surface area contributed by atoms with Gasteiger partial charge >= 0.3 is 0 Å². The Kier molecular flexibility index (Phi) is 5.39. The normalized spacial score (nSPS) is 15.2. The van der Waals surface area contributed by atoms with Crippen molar-refractivity contribution in [1.82, 2.24) is 0 Å². The lowest BCUT2D eigenvalue weighted by molar-refractivity contribution is 0.0819. The molecule has 1 heterocycles. The first-order valence-corrected chi connectivity index (χ1v) is 8.82. The number of piperidine rings is 1. The van der Waals surface area contributed by atoms with Gasteiger partial charge in [-0.1, -0.05) is 17.2 Å². The molecule has 2 aromatic rings. The third-order valence-corrected chi connectivity index (χ3v) is 4.75. The summed E-state index contributed by atoms with van der Waals surface area (Å²) < 4.78 is 5.42. The number of methoxy groups -OCH3 is 1. The first-order chi connectivity index (χ1) is 12.0. The number of ether oxygens (including phenoxy) is 1. The van der Waals surface area contributed by atoms with Gasteiger partial charge in [-0.05, 0) is 63.1 Å². The van der Waals surface area contributed by atoms with E-state index in [0.717, 1.165) is 42.7 Å². The molecule has 1 saturated heterocycles. The molecule has 3 rings (SSSR count). The molecule has 4 heteroatoms. The van der Waals surface area contributed by atoms with E-state index in [1.807, 2.05) is 38.1 Å². The van der Waals surface area contributed by atoms with E-state index in [1.165, 1.54) is 5.69 Å². The molecule has 0 atom stereocenters. The van der Waals surface area contributed by atoms with Gasteiger partial charge in [-0.2, -0.15) is 0 Å². The second kappa shape index (κ2) is 7.70. The van der Waals surface area contributed by atoms with Crippen molar-refractivity contribution in [3.8, 4) is 0 Å². The van der Waals surface area contributed by atoms with E-state index in [4.69, 9.17) is 4.74 Å². The molecule has 0 aliphatic carbocycles. The topological polar surface area (TPSA) is 41.6 Å². The van der Waals surface area contributed by atoms with Crippen LogP contribution in [-0.4, -0.2) is 32.2 Å². The van der Waals surface area contributed by atoms with Gasteiger partial charge in [-0.25, -0.2) is 0 Å². The number of rotatable bonds is 4. The van der Waals surface area contributed by atoms with Gasteiger partial charge in [0, 0.05) is 37.1 Å². The van der Waals surface area contributed by atoms with Crippen molar-refractivity contribution in [2.24, 2.45) is 0 Å². The van der Waals surface area contributed by atoms with Gasteiger partial charge in [0.2, 0.25) is 0 Å². The molecule has 25 heavy (non-hydrogen) atoms. The quantitative estimate of drug-likeness (QED) is 0.910. The van der Waals surface area contributed by atoms with Crippen LogP contribution in [0.2, 0.25) is 0 Å². The molecule has 0 aromatic heterocycles. The maximum atomic E-state index is 12.4. The number of carbonyl (C=O) groups is 1. The fraction of sp³-hybridized carbons (Fsp3) is 0.381. The van der Waals surface area contributed by atoms with Crippen LogP contribution in [0.4, 0.5) is 11.4 Å². The van der Waals surface area contributed by atoms with Crippen molar-refractivity contribution in [2.75, 3.05) is 30.4 Å². The largest absolute Gasteiger partial charge is 0.381 e. The average molecular weight is 338 g/mol. The number of hydrogen-bond donors (Lipinski definition) is 1. The van der Waals surface area contributed by atoms with Crippen LogP contribution in [0.25, 0.3) is 0 Å². The predicted octanol–water partition coefficient (Wildman–Crippen LogP) is 4.17. The minimum Gasteiger partial charge on any atom is -0.381 e. The lowest BCUT2D eigenvalue weighted by atomic mass is 10.1. The Morgan fingerprint density at radius 1 is 1.04 bits per heavy atom. The Labute approximate surface area is 149 Å². The van der Waals surface area contributed by atoms with Crippen LogP contribution in [0, 0.1) is 13.8 Å². The van der Waals surface area contributed by atoms with E-state index >= 15 is 0 Å². The number of carbonyl (C=O) groups excluding carboxylic acids is 1. The van der Waals surface area contributed by atoms with Crippen molar-refractivity contribution in [3.05, 3.63) is 59.2 Å². The summed E-state index contributed by atoms with van der Waals surface area (Å²) in [6, 6.07) is 14.0. The maximum Gasteiger partial charge on any atom is 0.255 e. The number of aryl methyl sites for hydroxylation is 2. The lowest BCUT2D eigenvalue weighted by Crippen LogP contribution is -2.36. The van der Waals surface area contributed by atoms with E-state index in [2.05, 4.69) is 28.4 Å². The highest BCUT2D eigenvalue weighted by atomic mass is 16.5. The molecule has 0 saturated carbocycles. The van der Waals surface area contributed by atoms with E-state index in [0.29, 0.717) is 11.7 Å². The number of amides is 1.